The number of hydrogen-bond donors (Lipinski definition) is 0. The molecule has 0 aliphatic carbocycles. The van der Waals surface area contributed by atoms with Crippen molar-refractivity contribution >= 4 is 0 Å². The summed E-state index contributed by atoms with van der Waals surface area (Å²) in [5.74, 6) is 0. The fourth-order valence-electron chi connectivity index (χ4n) is 0.871. The lowest BCUT2D eigenvalue weighted by atomic mass is 10.4. The van der Waals surface area contributed by atoms with Crippen molar-refractivity contribution in [2.75, 3.05) is 33.4 Å². The quantitative estimate of drug-likeness (QED) is 0.602. The van der Waals surface area contributed by atoms with Gasteiger partial charge in [-0.05, 0) is 13.5 Å². The predicted octanol–water partition coefficient (Wildman–Crippen LogP) is 2.14. The van der Waals surface area contributed by atoms with E-state index in [2.05, 4.69) is 25.8 Å². The normalized spacial score (nSPS) is 19.2. The second-order valence-electron chi connectivity index (χ2n) is 3.27. The molecule has 0 unspecified atom stereocenters. The number of likely N-dealkylation sites (N-methyl/N-ethyl adjacent to an activating group) is 1. The highest BCUT2D eigenvalue weighted by Gasteiger charge is 2.01. The van der Waals surface area contributed by atoms with Gasteiger partial charge in [-0.1, -0.05) is 26.7 Å². The van der Waals surface area contributed by atoms with Crippen molar-refractivity contribution < 1.29 is 4.74 Å². The summed E-state index contributed by atoms with van der Waals surface area (Å²) in [6, 6.07) is 0. The molecule has 12 heavy (non-hydrogen) atoms. The number of hydrogen-bond acceptors (Lipinski definition) is 2. The van der Waals surface area contributed by atoms with E-state index in [1.165, 1.54) is 25.8 Å². The van der Waals surface area contributed by atoms with Crippen molar-refractivity contribution in [2.24, 2.45) is 0 Å². The fourth-order valence-corrected chi connectivity index (χ4v) is 0.871. The maximum absolute atomic E-state index is 5.22. The third-order valence-electron chi connectivity index (χ3n) is 1.95. The van der Waals surface area contributed by atoms with Crippen LogP contribution in [0, 0.1) is 0 Å². The topological polar surface area (TPSA) is 12.5 Å². The summed E-state index contributed by atoms with van der Waals surface area (Å²) in [6.07, 6.45) is 3.83. The summed E-state index contributed by atoms with van der Waals surface area (Å²) in [5, 5.41) is 0. The zero-order chi connectivity index (χ0) is 9.23. The Kier molecular flexibility index (Phi) is 8.95. The van der Waals surface area contributed by atoms with E-state index in [4.69, 9.17) is 4.74 Å². The Bertz CT molecular complexity index is 75.9. The Morgan fingerprint density at radius 3 is 2.33 bits per heavy atom. The van der Waals surface area contributed by atoms with Crippen molar-refractivity contribution in [3.63, 3.8) is 0 Å². The van der Waals surface area contributed by atoms with Crippen molar-refractivity contribution in [1.29, 1.82) is 0 Å². The smallest absolute Gasteiger partial charge is 0.0593 e. The maximum Gasteiger partial charge on any atom is 0.0593 e. The first kappa shape index (κ1) is 11.9. The van der Waals surface area contributed by atoms with Crippen LogP contribution in [0.5, 0.6) is 0 Å². The molecular weight excluding hydrogens is 150 g/mol. The van der Waals surface area contributed by atoms with Crippen LogP contribution >= 0.6 is 0 Å². The number of ether oxygens (including phenoxy) is 1. The molecule has 0 aromatic carbocycles. The van der Waals surface area contributed by atoms with Gasteiger partial charge in [-0.3, -0.25) is 0 Å². The van der Waals surface area contributed by atoms with Crippen LogP contribution in [0.2, 0.25) is 0 Å². The third-order valence-corrected chi connectivity index (χ3v) is 1.95. The van der Waals surface area contributed by atoms with Gasteiger partial charge in [-0.25, -0.2) is 0 Å². The van der Waals surface area contributed by atoms with Crippen LogP contribution in [-0.2, 0) is 4.74 Å². The lowest BCUT2D eigenvalue weighted by Gasteiger charge is -2.09. The van der Waals surface area contributed by atoms with Crippen LogP contribution in [0.15, 0.2) is 0 Å². The maximum atomic E-state index is 5.22. The molecule has 0 bridgehead atoms. The van der Waals surface area contributed by atoms with Gasteiger partial charge in [0.25, 0.3) is 0 Å². The van der Waals surface area contributed by atoms with Gasteiger partial charge in [0.2, 0.25) is 0 Å². The summed E-state index contributed by atoms with van der Waals surface area (Å²) in [4.78, 5) is 2.30. The van der Waals surface area contributed by atoms with Crippen LogP contribution in [0.4, 0.5) is 0 Å². The zero-order valence-electron chi connectivity index (χ0n) is 8.81. The average Bonchev–Trinajstić information content (AvgIpc) is 2.33. The molecule has 0 saturated carbocycles. The van der Waals surface area contributed by atoms with Gasteiger partial charge in [0.1, 0.15) is 0 Å². The minimum absolute atomic E-state index is 0.913. The molecule has 1 fully saturated rings. The highest BCUT2D eigenvalue weighted by molar-refractivity contribution is 4.53. The summed E-state index contributed by atoms with van der Waals surface area (Å²) < 4.78 is 5.22. The van der Waals surface area contributed by atoms with Crippen LogP contribution in [-0.4, -0.2) is 38.3 Å². The van der Waals surface area contributed by atoms with Gasteiger partial charge < -0.3 is 9.64 Å². The second kappa shape index (κ2) is 9.01. The lowest BCUT2D eigenvalue weighted by molar-refractivity contribution is 0.144. The Morgan fingerprint density at radius 2 is 1.75 bits per heavy atom. The van der Waals surface area contributed by atoms with Crippen LogP contribution in [0.25, 0.3) is 0 Å². The van der Waals surface area contributed by atoms with E-state index in [0.29, 0.717) is 0 Å². The van der Waals surface area contributed by atoms with Crippen molar-refractivity contribution in [2.45, 2.75) is 33.1 Å². The Morgan fingerprint density at radius 1 is 1.08 bits per heavy atom. The first-order chi connectivity index (χ1) is 5.81. The lowest BCUT2D eigenvalue weighted by Crippen LogP contribution is -2.20. The molecular formula is C10H23NO. The molecule has 0 radical (unpaired) electrons. The first-order valence-corrected chi connectivity index (χ1v) is 5.07. The van der Waals surface area contributed by atoms with Gasteiger partial charge >= 0.3 is 0 Å². The molecule has 1 saturated heterocycles. The minimum Gasteiger partial charge on any atom is -0.380 e. The van der Waals surface area contributed by atoms with E-state index >= 15 is 0 Å². The highest BCUT2D eigenvalue weighted by atomic mass is 16.5. The standard InChI is InChI=1S/C6H13NO.C4H10/c1-7-3-2-5-8-6-4-7;1-3-4-2/h2-6H2,1H3;3-4H2,1-2H3. The monoisotopic (exact) mass is 173 g/mol. The second-order valence-corrected chi connectivity index (χ2v) is 3.27. The first-order valence-electron chi connectivity index (χ1n) is 5.07. The average molecular weight is 173 g/mol. The summed E-state index contributed by atoms with van der Waals surface area (Å²) in [7, 11) is 2.13. The van der Waals surface area contributed by atoms with Gasteiger partial charge in [0.05, 0.1) is 6.61 Å². The number of unbranched alkanes of at least 4 members (excludes halogenated alkanes) is 1. The van der Waals surface area contributed by atoms with E-state index in [-0.39, 0.29) is 0 Å². The molecule has 2 nitrogen and oxygen atoms in total. The molecule has 0 atom stereocenters. The molecule has 1 heterocycles. The van der Waals surface area contributed by atoms with E-state index in [9.17, 15) is 0 Å². The summed E-state index contributed by atoms with van der Waals surface area (Å²) in [6.45, 7) is 8.51. The molecule has 0 spiro atoms. The highest BCUT2D eigenvalue weighted by Crippen LogP contribution is 1.93. The van der Waals surface area contributed by atoms with Gasteiger partial charge in [-0.2, -0.15) is 0 Å². The van der Waals surface area contributed by atoms with Gasteiger partial charge in [0.15, 0.2) is 0 Å². The third kappa shape index (κ3) is 8.02. The zero-order valence-corrected chi connectivity index (χ0v) is 8.81. The molecule has 1 aliphatic rings. The fraction of sp³-hybridized carbons (Fsp3) is 1.00. The largest absolute Gasteiger partial charge is 0.380 e. The molecule has 0 aromatic heterocycles. The Labute approximate surface area is 76.9 Å². The predicted molar refractivity (Wildman–Crippen MR) is 53.5 cm³/mol. The molecule has 1 rings (SSSR count). The Hall–Kier alpha value is -0.0800. The minimum atomic E-state index is 0.913. The van der Waals surface area contributed by atoms with Crippen LogP contribution in [0.3, 0.4) is 0 Å². The number of rotatable bonds is 1. The SMILES string of the molecule is CCCC.CN1CCCOCC1. The molecule has 0 amide bonds. The molecule has 2 heteroatoms. The van der Waals surface area contributed by atoms with Crippen LogP contribution < -0.4 is 0 Å². The van der Waals surface area contributed by atoms with Crippen molar-refractivity contribution in [3.05, 3.63) is 0 Å². The number of nitrogens with zero attached hydrogens (tertiary/aromatic N) is 1. The van der Waals surface area contributed by atoms with Gasteiger partial charge in [0, 0.05) is 19.7 Å². The molecule has 0 N–H and O–H groups in total. The van der Waals surface area contributed by atoms with E-state index < -0.39 is 0 Å². The van der Waals surface area contributed by atoms with Crippen molar-refractivity contribution in [1.82, 2.24) is 4.90 Å². The van der Waals surface area contributed by atoms with Gasteiger partial charge in [-0.15, -0.1) is 0 Å². The van der Waals surface area contributed by atoms with E-state index in [0.717, 1.165) is 19.8 Å². The van der Waals surface area contributed by atoms with Crippen molar-refractivity contribution in [3.8, 4) is 0 Å². The molecule has 74 valence electrons. The summed E-state index contributed by atoms with van der Waals surface area (Å²) in [5.41, 5.74) is 0. The molecule has 1 aliphatic heterocycles. The Balaban J connectivity index is 0.000000261. The van der Waals surface area contributed by atoms with Crippen LogP contribution in [0.1, 0.15) is 33.1 Å². The molecule has 0 aromatic rings. The van der Waals surface area contributed by atoms with E-state index in [1.54, 1.807) is 0 Å². The van der Waals surface area contributed by atoms with E-state index in [1.807, 2.05) is 0 Å². The summed E-state index contributed by atoms with van der Waals surface area (Å²) >= 11 is 0.